The molecule has 0 aromatic heterocycles. The molecule has 82 valence electrons. The van der Waals surface area contributed by atoms with Gasteiger partial charge in [-0.3, -0.25) is 9.69 Å². The van der Waals surface area contributed by atoms with E-state index >= 15 is 0 Å². The van der Waals surface area contributed by atoms with Gasteiger partial charge < -0.3 is 4.74 Å². The molecule has 1 aliphatic rings. The normalized spacial score (nSPS) is 22.0. The van der Waals surface area contributed by atoms with Crippen molar-refractivity contribution in [2.75, 3.05) is 26.3 Å². The first-order chi connectivity index (χ1) is 6.43. The second-order valence-electron chi connectivity index (χ2n) is 4.94. The molecule has 0 bridgehead atoms. The summed E-state index contributed by atoms with van der Waals surface area (Å²) in [5.41, 5.74) is -0.238. The Bertz CT molecular complexity index is 202. The average Bonchev–Trinajstić information content (AvgIpc) is 2.15. The van der Waals surface area contributed by atoms with Crippen molar-refractivity contribution in [1.82, 2.24) is 4.90 Å². The van der Waals surface area contributed by atoms with Crippen LogP contribution in [-0.4, -0.2) is 43.0 Å². The Balaban J connectivity index is 2.55. The number of ketones is 1. The molecule has 0 saturated carbocycles. The first kappa shape index (κ1) is 11.7. The molecule has 1 atom stereocenters. The zero-order valence-electron chi connectivity index (χ0n) is 9.67. The summed E-state index contributed by atoms with van der Waals surface area (Å²) in [5.74, 6) is 0.319. The molecule has 3 heteroatoms. The van der Waals surface area contributed by atoms with Crippen molar-refractivity contribution >= 4 is 5.78 Å². The van der Waals surface area contributed by atoms with E-state index in [0.29, 0.717) is 5.78 Å². The first-order valence-corrected chi connectivity index (χ1v) is 5.29. The van der Waals surface area contributed by atoms with Gasteiger partial charge in [-0.2, -0.15) is 0 Å². The van der Waals surface area contributed by atoms with Crippen molar-refractivity contribution in [2.45, 2.75) is 33.7 Å². The van der Waals surface area contributed by atoms with E-state index in [0.717, 1.165) is 26.3 Å². The molecular formula is C11H21NO2. The van der Waals surface area contributed by atoms with E-state index in [2.05, 4.69) is 4.90 Å². The third-order valence-corrected chi connectivity index (χ3v) is 2.71. The zero-order valence-corrected chi connectivity index (χ0v) is 9.67. The Hall–Kier alpha value is -0.410. The number of ether oxygens (including phenoxy) is 1. The molecular weight excluding hydrogens is 178 g/mol. The third-order valence-electron chi connectivity index (χ3n) is 2.71. The van der Waals surface area contributed by atoms with Crippen molar-refractivity contribution in [3.63, 3.8) is 0 Å². The minimum Gasteiger partial charge on any atom is -0.379 e. The predicted molar refractivity (Wildman–Crippen MR) is 56.3 cm³/mol. The van der Waals surface area contributed by atoms with Crippen molar-refractivity contribution in [3.8, 4) is 0 Å². The summed E-state index contributed by atoms with van der Waals surface area (Å²) in [7, 11) is 0. The van der Waals surface area contributed by atoms with Gasteiger partial charge in [-0.1, -0.05) is 20.8 Å². The topological polar surface area (TPSA) is 29.5 Å². The van der Waals surface area contributed by atoms with Gasteiger partial charge in [0, 0.05) is 18.5 Å². The highest BCUT2D eigenvalue weighted by molar-refractivity contribution is 5.88. The van der Waals surface area contributed by atoms with Crippen molar-refractivity contribution < 1.29 is 9.53 Å². The number of nitrogens with zero attached hydrogens (tertiary/aromatic N) is 1. The molecule has 0 radical (unpaired) electrons. The van der Waals surface area contributed by atoms with Gasteiger partial charge in [0.15, 0.2) is 5.78 Å². The van der Waals surface area contributed by atoms with Gasteiger partial charge in [-0.05, 0) is 6.92 Å². The minimum absolute atomic E-state index is 0.0268. The van der Waals surface area contributed by atoms with Crippen molar-refractivity contribution in [2.24, 2.45) is 5.41 Å². The van der Waals surface area contributed by atoms with Crippen molar-refractivity contribution in [1.29, 1.82) is 0 Å². The lowest BCUT2D eigenvalue weighted by Gasteiger charge is -2.34. The van der Waals surface area contributed by atoms with Gasteiger partial charge in [-0.25, -0.2) is 0 Å². The summed E-state index contributed by atoms with van der Waals surface area (Å²) in [6.07, 6.45) is 0. The van der Waals surface area contributed by atoms with E-state index in [-0.39, 0.29) is 11.5 Å². The quantitative estimate of drug-likeness (QED) is 0.672. The summed E-state index contributed by atoms with van der Waals surface area (Å²) >= 11 is 0. The molecule has 1 heterocycles. The highest BCUT2D eigenvalue weighted by Crippen LogP contribution is 2.19. The zero-order chi connectivity index (χ0) is 10.8. The smallest absolute Gasteiger partial charge is 0.154 e. The van der Waals surface area contributed by atoms with Crippen LogP contribution in [0.1, 0.15) is 27.7 Å². The fraction of sp³-hybridized carbons (Fsp3) is 0.909. The van der Waals surface area contributed by atoms with Crippen LogP contribution in [0.15, 0.2) is 0 Å². The average molecular weight is 199 g/mol. The molecule has 0 aliphatic carbocycles. The number of morpholine rings is 1. The third kappa shape index (κ3) is 2.79. The number of Topliss-reactive ketones (excluding diaryl/α,β-unsaturated/α-hetero) is 1. The molecule has 1 saturated heterocycles. The summed E-state index contributed by atoms with van der Waals surface area (Å²) in [6.45, 7) is 11.2. The molecule has 0 aromatic rings. The molecule has 0 amide bonds. The van der Waals surface area contributed by atoms with Crippen LogP contribution in [-0.2, 0) is 9.53 Å². The maximum atomic E-state index is 12.0. The molecule has 3 nitrogen and oxygen atoms in total. The number of hydrogen-bond donors (Lipinski definition) is 0. The van der Waals surface area contributed by atoms with Crippen LogP contribution in [0.2, 0.25) is 0 Å². The monoisotopic (exact) mass is 199 g/mol. The second-order valence-corrected chi connectivity index (χ2v) is 4.94. The van der Waals surface area contributed by atoms with Crippen LogP contribution < -0.4 is 0 Å². The Morgan fingerprint density at radius 2 is 1.79 bits per heavy atom. The Labute approximate surface area is 86.4 Å². The molecule has 1 rings (SSSR count). The first-order valence-electron chi connectivity index (χ1n) is 5.29. The summed E-state index contributed by atoms with van der Waals surface area (Å²) in [4.78, 5) is 14.2. The van der Waals surface area contributed by atoms with E-state index in [4.69, 9.17) is 4.74 Å². The maximum Gasteiger partial charge on any atom is 0.154 e. The molecule has 1 unspecified atom stereocenters. The van der Waals surface area contributed by atoms with Crippen LogP contribution in [0.3, 0.4) is 0 Å². The largest absolute Gasteiger partial charge is 0.379 e. The highest BCUT2D eigenvalue weighted by atomic mass is 16.5. The highest BCUT2D eigenvalue weighted by Gasteiger charge is 2.30. The van der Waals surface area contributed by atoms with Crippen LogP contribution >= 0.6 is 0 Å². The van der Waals surface area contributed by atoms with Gasteiger partial charge in [0.2, 0.25) is 0 Å². The summed E-state index contributed by atoms with van der Waals surface area (Å²) in [6, 6.07) is 0.0268. The van der Waals surface area contributed by atoms with Crippen LogP contribution in [0.4, 0.5) is 0 Å². The van der Waals surface area contributed by atoms with Crippen LogP contribution in [0.5, 0.6) is 0 Å². The molecule has 14 heavy (non-hydrogen) atoms. The van der Waals surface area contributed by atoms with Gasteiger partial charge in [0.1, 0.15) is 0 Å². The fourth-order valence-electron chi connectivity index (χ4n) is 1.76. The maximum absolute atomic E-state index is 12.0. The Morgan fingerprint density at radius 1 is 1.29 bits per heavy atom. The molecule has 0 spiro atoms. The van der Waals surface area contributed by atoms with Gasteiger partial charge in [0.25, 0.3) is 0 Å². The lowest BCUT2D eigenvalue weighted by molar-refractivity contribution is -0.132. The predicted octanol–water partition coefficient (Wildman–Crippen LogP) is 1.32. The Morgan fingerprint density at radius 3 is 2.21 bits per heavy atom. The van der Waals surface area contributed by atoms with Gasteiger partial charge in [0.05, 0.1) is 19.3 Å². The van der Waals surface area contributed by atoms with E-state index in [1.165, 1.54) is 0 Å². The lowest BCUT2D eigenvalue weighted by atomic mass is 9.86. The molecule has 1 fully saturated rings. The SMILES string of the molecule is CC(C(=O)C(C)(C)C)N1CCOCC1. The van der Waals surface area contributed by atoms with E-state index in [9.17, 15) is 4.79 Å². The van der Waals surface area contributed by atoms with E-state index < -0.39 is 0 Å². The van der Waals surface area contributed by atoms with Crippen molar-refractivity contribution in [3.05, 3.63) is 0 Å². The minimum atomic E-state index is -0.238. The molecule has 1 aliphatic heterocycles. The standard InChI is InChI=1S/C11H21NO2/c1-9(10(13)11(2,3)4)12-5-7-14-8-6-12/h9H,5-8H2,1-4H3. The van der Waals surface area contributed by atoms with E-state index in [1.54, 1.807) is 0 Å². The Kier molecular flexibility index (Phi) is 3.67. The van der Waals surface area contributed by atoms with Crippen LogP contribution in [0.25, 0.3) is 0 Å². The van der Waals surface area contributed by atoms with Crippen LogP contribution in [0, 0.1) is 5.41 Å². The second kappa shape index (κ2) is 4.41. The lowest BCUT2D eigenvalue weighted by Crippen LogP contribution is -2.48. The molecule has 0 N–H and O–H groups in total. The van der Waals surface area contributed by atoms with Gasteiger partial charge >= 0.3 is 0 Å². The number of carbonyl (C=O) groups is 1. The summed E-state index contributed by atoms with van der Waals surface area (Å²) in [5, 5.41) is 0. The fourth-order valence-corrected chi connectivity index (χ4v) is 1.76. The summed E-state index contributed by atoms with van der Waals surface area (Å²) < 4.78 is 5.26. The molecule has 0 aromatic carbocycles. The van der Waals surface area contributed by atoms with E-state index in [1.807, 2.05) is 27.7 Å². The number of hydrogen-bond acceptors (Lipinski definition) is 3. The van der Waals surface area contributed by atoms with Gasteiger partial charge in [-0.15, -0.1) is 0 Å². The number of rotatable bonds is 2. The number of carbonyl (C=O) groups excluding carboxylic acids is 1.